The second-order valence-corrected chi connectivity index (χ2v) is 6.01. The van der Waals surface area contributed by atoms with Crippen LogP contribution in [-0.4, -0.2) is 18.4 Å². The Bertz CT molecular complexity index is 717. The van der Waals surface area contributed by atoms with Gasteiger partial charge in [0.2, 0.25) is 0 Å². The third kappa shape index (κ3) is 4.59. The van der Waals surface area contributed by atoms with Crippen LogP contribution in [0.15, 0.2) is 33.4 Å². The van der Waals surface area contributed by atoms with Gasteiger partial charge in [0.15, 0.2) is 10.4 Å². The lowest BCUT2D eigenvalue weighted by atomic mass is 10.1. The van der Waals surface area contributed by atoms with Crippen LogP contribution in [0.2, 0.25) is 0 Å². The molecule has 2 rings (SSSR count). The van der Waals surface area contributed by atoms with Crippen LogP contribution in [0.25, 0.3) is 0 Å². The predicted molar refractivity (Wildman–Crippen MR) is 91.2 cm³/mol. The monoisotopic (exact) mass is 379 g/mol. The van der Waals surface area contributed by atoms with Gasteiger partial charge >= 0.3 is 5.91 Å². The first-order valence-corrected chi connectivity index (χ1v) is 7.82. The molecular formula is C16H18BrN3O3. The van der Waals surface area contributed by atoms with Gasteiger partial charge in [-0.3, -0.25) is 20.4 Å². The average molecular weight is 380 g/mol. The van der Waals surface area contributed by atoms with E-state index < -0.39 is 5.91 Å². The smallest absolute Gasteiger partial charge is 0.305 e. The maximum Gasteiger partial charge on any atom is 0.305 e. The van der Waals surface area contributed by atoms with Crippen LogP contribution in [0, 0.1) is 20.8 Å². The van der Waals surface area contributed by atoms with Gasteiger partial charge in [0.05, 0.1) is 6.54 Å². The van der Waals surface area contributed by atoms with Crippen molar-refractivity contribution in [2.75, 3.05) is 11.9 Å². The largest absolute Gasteiger partial charge is 0.444 e. The Labute approximate surface area is 142 Å². The summed E-state index contributed by atoms with van der Waals surface area (Å²) in [6.07, 6.45) is 0. The normalized spacial score (nSPS) is 10.3. The highest BCUT2D eigenvalue weighted by atomic mass is 79.9. The number of hydrogen-bond donors (Lipinski definition) is 3. The summed E-state index contributed by atoms with van der Waals surface area (Å²) in [6.45, 7) is 6.04. The number of amides is 2. The maximum absolute atomic E-state index is 11.8. The summed E-state index contributed by atoms with van der Waals surface area (Å²) in [5.41, 5.74) is 8.86. The predicted octanol–water partition coefficient (Wildman–Crippen LogP) is 2.84. The number of rotatable bonds is 4. The van der Waals surface area contributed by atoms with E-state index in [4.69, 9.17) is 4.42 Å². The number of hydrogen-bond acceptors (Lipinski definition) is 4. The maximum atomic E-state index is 11.8. The molecule has 0 unspecified atom stereocenters. The highest BCUT2D eigenvalue weighted by molar-refractivity contribution is 9.10. The lowest BCUT2D eigenvalue weighted by molar-refractivity contribution is -0.120. The van der Waals surface area contributed by atoms with Gasteiger partial charge in [0.25, 0.3) is 5.91 Å². The third-order valence-corrected chi connectivity index (χ3v) is 3.64. The fraction of sp³-hybridized carbons (Fsp3) is 0.250. The van der Waals surface area contributed by atoms with Crippen molar-refractivity contribution in [3.63, 3.8) is 0 Å². The summed E-state index contributed by atoms with van der Waals surface area (Å²) in [6, 6.07) is 7.19. The van der Waals surface area contributed by atoms with Gasteiger partial charge in [-0.2, -0.15) is 0 Å². The van der Waals surface area contributed by atoms with Gasteiger partial charge in [-0.05, 0) is 60.0 Å². The lowest BCUT2D eigenvalue weighted by Gasteiger charge is -2.14. The molecule has 23 heavy (non-hydrogen) atoms. The van der Waals surface area contributed by atoms with Crippen LogP contribution < -0.4 is 16.2 Å². The van der Waals surface area contributed by atoms with Crippen LogP contribution in [0.5, 0.6) is 0 Å². The van der Waals surface area contributed by atoms with Crippen molar-refractivity contribution in [1.29, 1.82) is 0 Å². The highest BCUT2D eigenvalue weighted by Gasteiger charge is 2.12. The van der Waals surface area contributed by atoms with Crippen molar-refractivity contribution in [3.05, 3.63) is 51.4 Å². The molecule has 1 heterocycles. The van der Waals surface area contributed by atoms with Crippen LogP contribution in [0.3, 0.4) is 0 Å². The van der Waals surface area contributed by atoms with E-state index in [1.807, 2.05) is 32.9 Å². The second-order valence-electron chi connectivity index (χ2n) is 5.23. The van der Waals surface area contributed by atoms with E-state index in [9.17, 15) is 9.59 Å². The van der Waals surface area contributed by atoms with Crippen molar-refractivity contribution < 1.29 is 14.0 Å². The van der Waals surface area contributed by atoms with Gasteiger partial charge in [-0.15, -0.1) is 0 Å². The Morgan fingerprint density at radius 1 is 1.09 bits per heavy atom. The van der Waals surface area contributed by atoms with Crippen LogP contribution in [0.1, 0.15) is 27.2 Å². The number of halogens is 1. The molecular weight excluding hydrogens is 362 g/mol. The molecule has 0 aliphatic carbocycles. The van der Waals surface area contributed by atoms with Crippen molar-refractivity contribution in [3.8, 4) is 0 Å². The molecule has 3 N–H and O–H groups in total. The first-order chi connectivity index (χ1) is 10.9. The fourth-order valence-corrected chi connectivity index (χ4v) is 2.60. The number of hydrazine groups is 1. The molecule has 0 atom stereocenters. The van der Waals surface area contributed by atoms with Crippen LogP contribution in [-0.2, 0) is 4.79 Å². The zero-order chi connectivity index (χ0) is 17.0. The molecule has 122 valence electrons. The minimum absolute atomic E-state index is 0.0485. The Balaban J connectivity index is 1.85. The Hall–Kier alpha value is -2.28. The number of anilines is 1. The van der Waals surface area contributed by atoms with Gasteiger partial charge in [0, 0.05) is 5.69 Å². The van der Waals surface area contributed by atoms with E-state index in [0.717, 1.165) is 16.8 Å². The fourth-order valence-electron chi connectivity index (χ4n) is 2.30. The molecule has 6 nitrogen and oxygen atoms in total. The third-order valence-electron chi connectivity index (χ3n) is 3.22. The molecule has 0 fully saturated rings. The Kier molecular flexibility index (Phi) is 5.44. The van der Waals surface area contributed by atoms with Gasteiger partial charge in [-0.25, -0.2) is 0 Å². The average Bonchev–Trinajstić information content (AvgIpc) is 2.90. The summed E-state index contributed by atoms with van der Waals surface area (Å²) < 4.78 is 5.53. The van der Waals surface area contributed by atoms with Crippen molar-refractivity contribution in [2.45, 2.75) is 20.8 Å². The van der Waals surface area contributed by atoms with Crippen LogP contribution >= 0.6 is 15.9 Å². The molecule has 0 saturated carbocycles. The summed E-state index contributed by atoms with van der Waals surface area (Å²) >= 11 is 3.11. The standard InChI is InChI=1S/C16H18BrN3O3/c1-9-6-10(2)15(11(3)7-9)18-8-14(21)19-20-16(22)12-4-5-13(17)23-12/h4-7,18H,8H2,1-3H3,(H,19,21)(H,20,22). The Morgan fingerprint density at radius 2 is 1.74 bits per heavy atom. The van der Waals surface area contributed by atoms with Gasteiger partial charge < -0.3 is 9.73 Å². The number of aryl methyl sites for hydroxylation is 3. The quantitative estimate of drug-likeness (QED) is 0.713. The van der Waals surface area contributed by atoms with Gasteiger partial charge in [0.1, 0.15) is 0 Å². The summed E-state index contributed by atoms with van der Waals surface area (Å²) in [4.78, 5) is 23.5. The molecule has 0 aliphatic rings. The first kappa shape index (κ1) is 17.1. The van der Waals surface area contributed by atoms with Crippen molar-refractivity contribution in [2.24, 2.45) is 0 Å². The molecule has 0 radical (unpaired) electrons. The summed E-state index contributed by atoms with van der Waals surface area (Å²) in [5, 5.41) is 3.08. The minimum Gasteiger partial charge on any atom is -0.444 e. The second kappa shape index (κ2) is 7.32. The van der Waals surface area contributed by atoms with E-state index in [1.54, 1.807) is 6.07 Å². The molecule has 0 aliphatic heterocycles. The van der Waals surface area contributed by atoms with Crippen molar-refractivity contribution in [1.82, 2.24) is 10.9 Å². The van der Waals surface area contributed by atoms with E-state index in [-0.39, 0.29) is 18.2 Å². The van der Waals surface area contributed by atoms with E-state index in [2.05, 4.69) is 32.1 Å². The zero-order valence-electron chi connectivity index (χ0n) is 13.1. The Morgan fingerprint density at radius 3 is 2.30 bits per heavy atom. The van der Waals surface area contributed by atoms with Crippen molar-refractivity contribution >= 4 is 33.4 Å². The molecule has 0 saturated heterocycles. The number of nitrogens with one attached hydrogen (secondary N) is 3. The van der Waals surface area contributed by atoms with Crippen LogP contribution in [0.4, 0.5) is 5.69 Å². The highest BCUT2D eigenvalue weighted by Crippen LogP contribution is 2.21. The molecule has 1 aromatic carbocycles. The van der Waals surface area contributed by atoms with E-state index in [0.29, 0.717) is 4.67 Å². The SMILES string of the molecule is Cc1cc(C)c(NCC(=O)NNC(=O)c2ccc(Br)o2)c(C)c1. The van der Waals surface area contributed by atoms with E-state index in [1.165, 1.54) is 11.6 Å². The number of benzene rings is 1. The molecule has 7 heteroatoms. The first-order valence-electron chi connectivity index (χ1n) is 7.03. The molecule has 2 amide bonds. The molecule has 0 bridgehead atoms. The molecule has 1 aromatic heterocycles. The minimum atomic E-state index is -0.522. The zero-order valence-corrected chi connectivity index (χ0v) is 14.7. The topological polar surface area (TPSA) is 83.4 Å². The summed E-state index contributed by atoms with van der Waals surface area (Å²) in [5.74, 6) is -0.773. The molecule has 0 spiro atoms. The lowest BCUT2D eigenvalue weighted by Crippen LogP contribution is -2.44. The van der Waals surface area contributed by atoms with Gasteiger partial charge in [-0.1, -0.05) is 17.7 Å². The number of carbonyl (C=O) groups excluding carboxylic acids is 2. The van der Waals surface area contributed by atoms with E-state index >= 15 is 0 Å². The number of carbonyl (C=O) groups is 2. The number of furan rings is 1. The summed E-state index contributed by atoms with van der Waals surface area (Å²) in [7, 11) is 0. The molecule has 2 aromatic rings.